The minimum absolute atomic E-state index is 0.0834. The maximum atomic E-state index is 13.7. The van der Waals surface area contributed by atoms with Gasteiger partial charge >= 0.3 is 5.97 Å². The van der Waals surface area contributed by atoms with Crippen LogP contribution in [-0.4, -0.2) is 40.8 Å². The van der Waals surface area contributed by atoms with E-state index in [1.807, 2.05) is 0 Å². The van der Waals surface area contributed by atoms with Gasteiger partial charge in [0.05, 0.1) is 12.2 Å². The summed E-state index contributed by atoms with van der Waals surface area (Å²) >= 11 is 0. The van der Waals surface area contributed by atoms with Crippen LogP contribution in [0, 0.1) is 0 Å². The lowest BCUT2D eigenvalue weighted by Gasteiger charge is -2.26. The summed E-state index contributed by atoms with van der Waals surface area (Å²) in [5, 5.41) is 0. The molecule has 4 N–H and O–H groups in total. The molecule has 1 aromatic carbocycles. The topological polar surface area (TPSA) is 142 Å². The summed E-state index contributed by atoms with van der Waals surface area (Å²) < 4.78 is 10.8. The molecule has 0 radical (unpaired) electrons. The number of nitrogens with two attached hydrogens (primary N) is 2. The Balaban J connectivity index is 2.07. The van der Waals surface area contributed by atoms with Crippen LogP contribution in [0.4, 0.5) is 6.01 Å². The number of carbonyl (C=O) groups excluding carboxylic acids is 3. The molecule has 2 heterocycles. The predicted octanol–water partition coefficient (Wildman–Crippen LogP) is 0.688. The van der Waals surface area contributed by atoms with Gasteiger partial charge in [0.25, 0.3) is 6.01 Å². The molecule has 0 saturated heterocycles. The van der Waals surface area contributed by atoms with Gasteiger partial charge in [0.15, 0.2) is 11.2 Å². The highest BCUT2D eigenvalue weighted by Crippen LogP contribution is 2.57. The number of benzene rings is 1. The fraction of sp³-hybridized carbons (Fsp3) is 0.263. The minimum atomic E-state index is -1.60. The first-order chi connectivity index (χ1) is 13.3. The number of aromatic nitrogens is 1. The quantitative estimate of drug-likeness (QED) is 0.741. The predicted molar refractivity (Wildman–Crippen MR) is 97.4 cm³/mol. The molecule has 1 aliphatic carbocycles. The van der Waals surface area contributed by atoms with Crippen LogP contribution >= 0.6 is 0 Å². The number of amides is 2. The Bertz CT molecular complexity index is 1070. The standard InChI is InChI=1S/C19H18N4O5/c1-3-27-16(25)13-9(2)23(8-12(20)24)17(26)19(13)11-7-5-4-6-10(11)14-15(19)22-18(21)28-14/h4-7H,3,8H2,1-2H3,(H2,20,24)(H2,21,22)/t19-/m0/s1. The SMILES string of the molecule is CCOC(=O)C1=C(C)N(CC(N)=O)C(=O)[C@@]12c1ccccc1-c1oc(N)nc12. The second kappa shape index (κ2) is 5.95. The molecule has 1 aromatic heterocycles. The summed E-state index contributed by atoms with van der Waals surface area (Å²) in [6, 6.07) is 6.89. The Morgan fingerprint density at radius 1 is 1.32 bits per heavy atom. The summed E-state index contributed by atoms with van der Waals surface area (Å²) in [5.74, 6) is -1.59. The Hall–Kier alpha value is -3.62. The molecule has 0 bridgehead atoms. The van der Waals surface area contributed by atoms with Gasteiger partial charge in [-0.05, 0) is 19.4 Å². The number of rotatable bonds is 4. The highest BCUT2D eigenvalue weighted by atomic mass is 16.5. The van der Waals surface area contributed by atoms with Crippen molar-refractivity contribution in [2.24, 2.45) is 5.73 Å². The highest BCUT2D eigenvalue weighted by molar-refractivity contribution is 6.14. The minimum Gasteiger partial charge on any atom is -0.463 e. The van der Waals surface area contributed by atoms with Crippen molar-refractivity contribution in [3.8, 4) is 11.3 Å². The van der Waals surface area contributed by atoms with E-state index < -0.39 is 23.2 Å². The maximum Gasteiger partial charge on any atom is 0.337 e. The van der Waals surface area contributed by atoms with Crippen LogP contribution in [-0.2, 0) is 24.5 Å². The number of hydrogen-bond donors (Lipinski definition) is 2. The number of fused-ring (bicyclic) bond motifs is 5. The summed E-state index contributed by atoms with van der Waals surface area (Å²) in [5.41, 5.74) is 11.2. The summed E-state index contributed by atoms with van der Waals surface area (Å²) in [7, 11) is 0. The number of carbonyl (C=O) groups is 3. The largest absolute Gasteiger partial charge is 0.463 e. The van der Waals surface area contributed by atoms with E-state index in [0.717, 1.165) is 0 Å². The third-order valence-corrected chi connectivity index (χ3v) is 5.08. The molecule has 9 heteroatoms. The average Bonchev–Trinajstić information content (AvgIpc) is 3.21. The third-order valence-electron chi connectivity index (χ3n) is 5.08. The molecule has 0 unspecified atom stereocenters. The molecular weight excluding hydrogens is 364 g/mol. The Kier molecular flexibility index (Phi) is 3.77. The van der Waals surface area contributed by atoms with Crippen LogP contribution in [0.2, 0.25) is 0 Å². The van der Waals surface area contributed by atoms with Crippen molar-refractivity contribution >= 4 is 23.8 Å². The molecule has 144 valence electrons. The summed E-state index contributed by atoms with van der Waals surface area (Å²) in [6.45, 7) is 2.98. The summed E-state index contributed by atoms with van der Waals surface area (Å²) in [4.78, 5) is 43.6. The van der Waals surface area contributed by atoms with E-state index in [9.17, 15) is 14.4 Å². The van der Waals surface area contributed by atoms with Crippen LogP contribution in [0.1, 0.15) is 25.1 Å². The van der Waals surface area contributed by atoms with Crippen molar-refractivity contribution in [1.29, 1.82) is 0 Å². The number of ether oxygens (including phenoxy) is 1. The number of nitrogen functional groups attached to an aromatic ring is 1. The lowest BCUT2D eigenvalue weighted by Crippen LogP contribution is -2.44. The molecule has 0 saturated carbocycles. The zero-order valence-corrected chi connectivity index (χ0v) is 15.3. The number of hydrogen-bond acceptors (Lipinski definition) is 7. The zero-order valence-electron chi connectivity index (χ0n) is 15.3. The molecule has 1 aliphatic heterocycles. The van der Waals surface area contributed by atoms with E-state index in [2.05, 4.69) is 4.98 Å². The molecule has 0 fully saturated rings. The van der Waals surface area contributed by atoms with Crippen molar-refractivity contribution < 1.29 is 23.5 Å². The van der Waals surface area contributed by atoms with Crippen molar-refractivity contribution in [3.63, 3.8) is 0 Å². The van der Waals surface area contributed by atoms with E-state index in [0.29, 0.717) is 16.9 Å². The Morgan fingerprint density at radius 3 is 2.71 bits per heavy atom. The van der Waals surface area contributed by atoms with Crippen LogP contribution < -0.4 is 11.5 Å². The molecule has 1 atom stereocenters. The van der Waals surface area contributed by atoms with Gasteiger partial charge in [-0.2, -0.15) is 4.98 Å². The zero-order chi connectivity index (χ0) is 20.2. The second-order valence-electron chi connectivity index (χ2n) is 6.56. The number of primary amides is 1. The number of oxazole rings is 1. The molecular formula is C19H18N4O5. The first-order valence-electron chi connectivity index (χ1n) is 8.69. The Morgan fingerprint density at radius 2 is 2.04 bits per heavy atom. The van der Waals surface area contributed by atoms with Gasteiger partial charge in [-0.1, -0.05) is 24.3 Å². The molecule has 2 aliphatic rings. The molecule has 28 heavy (non-hydrogen) atoms. The monoisotopic (exact) mass is 382 g/mol. The van der Waals surface area contributed by atoms with Crippen LogP contribution in [0.15, 0.2) is 40.0 Å². The molecule has 4 rings (SSSR count). The third kappa shape index (κ3) is 2.07. The summed E-state index contributed by atoms with van der Waals surface area (Å²) in [6.07, 6.45) is 0. The van der Waals surface area contributed by atoms with Gasteiger partial charge in [-0.25, -0.2) is 4.79 Å². The van der Waals surface area contributed by atoms with E-state index in [-0.39, 0.29) is 36.1 Å². The van der Waals surface area contributed by atoms with Crippen LogP contribution in [0.25, 0.3) is 11.3 Å². The van der Waals surface area contributed by atoms with E-state index in [4.69, 9.17) is 20.6 Å². The van der Waals surface area contributed by atoms with E-state index in [1.54, 1.807) is 38.1 Å². The van der Waals surface area contributed by atoms with Crippen molar-refractivity contribution in [2.45, 2.75) is 19.3 Å². The number of allylic oxidation sites excluding steroid dienone is 1. The fourth-order valence-electron chi connectivity index (χ4n) is 4.10. The average molecular weight is 382 g/mol. The van der Waals surface area contributed by atoms with Crippen molar-refractivity contribution in [2.75, 3.05) is 18.9 Å². The van der Waals surface area contributed by atoms with Crippen molar-refractivity contribution in [3.05, 3.63) is 46.8 Å². The van der Waals surface area contributed by atoms with Gasteiger partial charge in [-0.15, -0.1) is 0 Å². The van der Waals surface area contributed by atoms with Gasteiger partial charge < -0.3 is 25.5 Å². The lowest BCUT2D eigenvalue weighted by molar-refractivity contribution is -0.140. The normalized spacial score (nSPS) is 19.9. The van der Waals surface area contributed by atoms with Crippen LogP contribution in [0.5, 0.6) is 0 Å². The first-order valence-corrected chi connectivity index (χ1v) is 8.69. The van der Waals surface area contributed by atoms with E-state index >= 15 is 0 Å². The van der Waals surface area contributed by atoms with Gasteiger partial charge in [0.1, 0.15) is 12.2 Å². The highest BCUT2D eigenvalue weighted by Gasteiger charge is 2.63. The van der Waals surface area contributed by atoms with Gasteiger partial charge in [0, 0.05) is 11.3 Å². The van der Waals surface area contributed by atoms with Crippen LogP contribution in [0.3, 0.4) is 0 Å². The molecule has 2 aromatic rings. The first kappa shape index (κ1) is 17.8. The molecule has 2 amide bonds. The Labute approximate surface area is 159 Å². The lowest BCUT2D eigenvalue weighted by atomic mass is 9.74. The smallest absolute Gasteiger partial charge is 0.337 e. The fourth-order valence-corrected chi connectivity index (χ4v) is 4.10. The van der Waals surface area contributed by atoms with E-state index in [1.165, 1.54) is 4.90 Å². The number of esters is 1. The number of nitrogens with zero attached hydrogens (tertiary/aromatic N) is 2. The second-order valence-corrected chi connectivity index (χ2v) is 6.56. The van der Waals surface area contributed by atoms with Gasteiger partial charge in [-0.3, -0.25) is 9.59 Å². The van der Waals surface area contributed by atoms with Crippen molar-refractivity contribution in [1.82, 2.24) is 9.88 Å². The number of anilines is 1. The van der Waals surface area contributed by atoms with Gasteiger partial charge in [0.2, 0.25) is 11.8 Å². The molecule has 1 spiro atoms. The maximum absolute atomic E-state index is 13.7. The molecule has 9 nitrogen and oxygen atoms in total.